The molecular weight excluding hydrogens is 286 g/mol. The van der Waals surface area contributed by atoms with E-state index in [2.05, 4.69) is 0 Å². The average Bonchev–Trinajstić information content (AvgIpc) is 2.92. The number of benzene rings is 2. The van der Waals surface area contributed by atoms with Gasteiger partial charge in [0.25, 0.3) is 10.0 Å². The topological polar surface area (TPSA) is 59.3 Å². The van der Waals surface area contributed by atoms with E-state index in [9.17, 15) is 13.5 Å². The van der Waals surface area contributed by atoms with Gasteiger partial charge in [0.2, 0.25) is 0 Å². The van der Waals surface area contributed by atoms with E-state index in [0.717, 1.165) is 5.39 Å². The molecule has 1 atom stereocenters. The van der Waals surface area contributed by atoms with E-state index in [-0.39, 0.29) is 4.90 Å². The molecule has 0 saturated carbocycles. The molecular formula is C16H15NO3S. The van der Waals surface area contributed by atoms with Gasteiger partial charge in [0.05, 0.1) is 16.5 Å². The summed E-state index contributed by atoms with van der Waals surface area (Å²) in [7, 11) is -3.63. The molecule has 21 heavy (non-hydrogen) atoms. The van der Waals surface area contributed by atoms with Crippen LogP contribution in [-0.4, -0.2) is 17.5 Å². The highest BCUT2D eigenvalue weighted by molar-refractivity contribution is 7.90. The lowest BCUT2D eigenvalue weighted by molar-refractivity contribution is 0.199. The molecule has 1 unspecified atom stereocenters. The SMILES string of the molecule is CC(O)c1ccc(S(=O)(=O)n2ccc3ccccc32)cc1. The van der Waals surface area contributed by atoms with Crippen molar-refractivity contribution in [1.82, 2.24) is 3.97 Å². The van der Waals surface area contributed by atoms with Crippen LogP contribution in [0.5, 0.6) is 0 Å². The Labute approximate surface area is 123 Å². The monoisotopic (exact) mass is 301 g/mol. The fourth-order valence-electron chi connectivity index (χ4n) is 2.30. The van der Waals surface area contributed by atoms with Gasteiger partial charge in [0.1, 0.15) is 0 Å². The van der Waals surface area contributed by atoms with Crippen molar-refractivity contribution in [2.24, 2.45) is 0 Å². The predicted molar refractivity (Wildman–Crippen MR) is 81.6 cm³/mol. The maximum Gasteiger partial charge on any atom is 0.268 e. The summed E-state index contributed by atoms with van der Waals surface area (Å²) >= 11 is 0. The van der Waals surface area contributed by atoms with Crippen molar-refractivity contribution in [3.05, 3.63) is 66.4 Å². The predicted octanol–water partition coefficient (Wildman–Crippen LogP) is 2.93. The molecule has 3 aromatic rings. The van der Waals surface area contributed by atoms with Gasteiger partial charge in [-0.3, -0.25) is 0 Å². The molecule has 3 rings (SSSR count). The lowest BCUT2D eigenvalue weighted by atomic mass is 10.1. The molecule has 0 aliphatic rings. The van der Waals surface area contributed by atoms with Crippen molar-refractivity contribution in [2.75, 3.05) is 0 Å². The van der Waals surface area contributed by atoms with Crippen molar-refractivity contribution in [2.45, 2.75) is 17.9 Å². The number of fused-ring (bicyclic) bond motifs is 1. The molecule has 108 valence electrons. The van der Waals surface area contributed by atoms with E-state index in [1.807, 2.05) is 18.2 Å². The van der Waals surface area contributed by atoms with Crippen LogP contribution < -0.4 is 0 Å². The fraction of sp³-hybridized carbons (Fsp3) is 0.125. The Morgan fingerprint density at radius 2 is 1.67 bits per heavy atom. The minimum absolute atomic E-state index is 0.202. The number of aliphatic hydroxyl groups excluding tert-OH is 1. The van der Waals surface area contributed by atoms with Crippen LogP contribution in [0, 0.1) is 0 Å². The lowest BCUT2D eigenvalue weighted by Gasteiger charge is -2.09. The summed E-state index contributed by atoms with van der Waals surface area (Å²) in [4.78, 5) is 0.202. The van der Waals surface area contributed by atoms with Crippen LogP contribution in [0.25, 0.3) is 10.9 Å². The molecule has 1 aromatic heterocycles. The standard InChI is InChI=1S/C16H15NO3S/c1-12(18)13-6-8-15(9-7-13)21(19,20)17-11-10-14-4-2-3-5-16(14)17/h2-12,18H,1H3. The van der Waals surface area contributed by atoms with Crippen LogP contribution in [0.3, 0.4) is 0 Å². The Balaban J connectivity index is 2.12. The van der Waals surface area contributed by atoms with Crippen LogP contribution in [0.1, 0.15) is 18.6 Å². The normalized spacial score (nSPS) is 13.4. The van der Waals surface area contributed by atoms with Gasteiger partial charge in [-0.15, -0.1) is 0 Å². The average molecular weight is 301 g/mol. The third-order valence-electron chi connectivity index (χ3n) is 3.48. The molecule has 0 amide bonds. The summed E-state index contributed by atoms with van der Waals surface area (Å²) < 4.78 is 26.7. The summed E-state index contributed by atoms with van der Waals surface area (Å²) in [6.07, 6.45) is 0.942. The molecule has 0 bridgehead atoms. The van der Waals surface area contributed by atoms with Gasteiger partial charge in [-0.1, -0.05) is 30.3 Å². The summed E-state index contributed by atoms with van der Waals surface area (Å²) in [5.74, 6) is 0. The smallest absolute Gasteiger partial charge is 0.268 e. The number of para-hydroxylation sites is 1. The number of aromatic nitrogens is 1. The maximum absolute atomic E-state index is 12.7. The second kappa shape index (κ2) is 5.02. The van der Waals surface area contributed by atoms with Crippen molar-refractivity contribution in [3.63, 3.8) is 0 Å². The first-order valence-corrected chi connectivity index (χ1v) is 8.04. The number of hydrogen-bond donors (Lipinski definition) is 1. The van der Waals surface area contributed by atoms with Crippen LogP contribution in [-0.2, 0) is 10.0 Å². The number of nitrogens with zero attached hydrogens (tertiary/aromatic N) is 1. The second-order valence-corrected chi connectivity index (χ2v) is 6.74. The van der Waals surface area contributed by atoms with E-state index in [1.165, 1.54) is 16.1 Å². The molecule has 0 radical (unpaired) electrons. The van der Waals surface area contributed by atoms with Gasteiger partial charge < -0.3 is 5.11 Å². The van der Waals surface area contributed by atoms with E-state index in [1.54, 1.807) is 37.4 Å². The molecule has 0 saturated heterocycles. The number of rotatable bonds is 3. The van der Waals surface area contributed by atoms with Gasteiger partial charge in [-0.25, -0.2) is 12.4 Å². The zero-order valence-corrected chi connectivity index (χ0v) is 12.3. The first-order valence-electron chi connectivity index (χ1n) is 6.60. The van der Waals surface area contributed by atoms with Gasteiger partial charge >= 0.3 is 0 Å². The van der Waals surface area contributed by atoms with E-state index >= 15 is 0 Å². The highest BCUT2D eigenvalue weighted by Crippen LogP contribution is 2.23. The largest absolute Gasteiger partial charge is 0.389 e. The minimum atomic E-state index is -3.63. The van der Waals surface area contributed by atoms with Crippen molar-refractivity contribution in [3.8, 4) is 0 Å². The molecule has 4 nitrogen and oxygen atoms in total. The summed E-state index contributed by atoms with van der Waals surface area (Å²) in [6, 6.07) is 15.4. The summed E-state index contributed by atoms with van der Waals surface area (Å²) in [6.45, 7) is 1.64. The first kappa shape index (κ1) is 13.9. The van der Waals surface area contributed by atoms with Crippen LogP contribution in [0.2, 0.25) is 0 Å². The Bertz CT molecular complexity index is 877. The highest BCUT2D eigenvalue weighted by Gasteiger charge is 2.18. The van der Waals surface area contributed by atoms with E-state index in [0.29, 0.717) is 11.1 Å². The third kappa shape index (κ3) is 2.34. The molecule has 0 aliphatic heterocycles. The van der Waals surface area contributed by atoms with E-state index in [4.69, 9.17) is 0 Å². The second-order valence-electron chi connectivity index (χ2n) is 4.92. The van der Waals surface area contributed by atoms with Crippen molar-refractivity contribution < 1.29 is 13.5 Å². The molecule has 2 aromatic carbocycles. The quantitative estimate of drug-likeness (QED) is 0.809. The molecule has 1 heterocycles. The summed E-state index contributed by atoms with van der Waals surface area (Å²) in [5, 5.41) is 10.4. The van der Waals surface area contributed by atoms with Crippen LogP contribution in [0.15, 0.2) is 65.7 Å². The number of aliphatic hydroxyl groups is 1. The highest BCUT2D eigenvalue weighted by atomic mass is 32.2. The molecule has 1 N–H and O–H groups in total. The number of hydrogen-bond acceptors (Lipinski definition) is 3. The van der Waals surface area contributed by atoms with Crippen molar-refractivity contribution >= 4 is 20.9 Å². The lowest BCUT2D eigenvalue weighted by Crippen LogP contribution is -2.11. The maximum atomic E-state index is 12.7. The molecule has 0 fully saturated rings. The molecule has 0 aliphatic carbocycles. The first-order chi connectivity index (χ1) is 10.00. The van der Waals surface area contributed by atoms with Gasteiger partial charge in [-0.2, -0.15) is 0 Å². The zero-order valence-electron chi connectivity index (χ0n) is 11.5. The van der Waals surface area contributed by atoms with Gasteiger partial charge in [0, 0.05) is 11.6 Å². The van der Waals surface area contributed by atoms with E-state index < -0.39 is 16.1 Å². The molecule has 0 spiro atoms. The van der Waals surface area contributed by atoms with Gasteiger partial charge in [-0.05, 0) is 36.8 Å². The molecule has 5 heteroatoms. The Hall–Kier alpha value is -2.11. The summed E-state index contributed by atoms with van der Waals surface area (Å²) in [5.41, 5.74) is 1.34. The Morgan fingerprint density at radius 1 is 1.00 bits per heavy atom. The Kier molecular flexibility index (Phi) is 3.31. The minimum Gasteiger partial charge on any atom is -0.389 e. The zero-order chi connectivity index (χ0) is 15.0. The van der Waals surface area contributed by atoms with Crippen LogP contribution >= 0.6 is 0 Å². The fourth-order valence-corrected chi connectivity index (χ4v) is 3.65. The third-order valence-corrected chi connectivity index (χ3v) is 5.19. The van der Waals surface area contributed by atoms with Gasteiger partial charge in [0.15, 0.2) is 0 Å². The van der Waals surface area contributed by atoms with Crippen molar-refractivity contribution in [1.29, 1.82) is 0 Å². The van der Waals surface area contributed by atoms with Crippen LogP contribution in [0.4, 0.5) is 0 Å². The Morgan fingerprint density at radius 3 is 2.33 bits per heavy atom.